The third-order valence-electron chi connectivity index (χ3n) is 8.21. The Hall–Kier alpha value is -3.53. The van der Waals surface area contributed by atoms with Gasteiger partial charge in [-0.1, -0.05) is 76.2 Å². The van der Waals surface area contributed by atoms with E-state index in [9.17, 15) is 0 Å². The molecule has 0 aliphatic carbocycles. The van der Waals surface area contributed by atoms with Crippen LogP contribution in [0.5, 0.6) is 23.0 Å². The molecule has 4 rings (SSSR count). The molecule has 0 bridgehead atoms. The summed E-state index contributed by atoms with van der Waals surface area (Å²) in [6.07, 6.45) is 3.68. The van der Waals surface area contributed by atoms with Crippen molar-refractivity contribution in [2.45, 2.75) is 53.4 Å². The lowest BCUT2D eigenvalue weighted by Gasteiger charge is -2.29. The Morgan fingerprint density at radius 2 is 0.628 bits per heavy atom. The zero-order chi connectivity index (χ0) is 30.9. The molecule has 4 aromatic rings. The van der Waals surface area contributed by atoms with E-state index in [1.165, 1.54) is 22.3 Å². The van der Waals surface area contributed by atoms with Gasteiger partial charge in [-0.05, 0) is 72.2 Å². The Bertz CT molecular complexity index is 1300. The van der Waals surface area contributed by atoms with Crippen LogP contribution in [0.1, 0.15) is 49.9 Å². The third-order valence-corrected chi connectivity index (χ3v) is 14.5. The summed E-state index contributed by atoms with van der Waals surface area (Å²) in [5.41, 5.74) is 4.99. The first kappa shape index (κ1) is 32.4. The predicted molar refractivity (Wildman–Crippen MR) is 183 cm³/mol. The van der Waals surface area contributed by atoms with Gasteiger partial charge in [0.15, 0.2) is 0 Å². The summed E-state index contributed by atoms with van der Waals surface area (Å²) >= 11 is 0. The molecule has 0 atom stereocenters. The average molecular weight is 615 g/mol. The monoisotopic (exact) mass is 614 g/mol. The second-order valence-corrected chi connectivity index (χ2v) is 15.7. The highest BCUT2D eigenvalue weighted by atomic mass is 28.4. The fourth-order valence-corrected chi connectivity index (χ4v) is 13.1. The maximum absolute atomic E-state index is 7.72. The molecule has 0 saturated heterocycles. The van der Waals surface area contributed by atoms with E-state index < -0.39 is 18.1 Å². The molecule has 0 saturated carbocycles. The van der Waals surface area contributed by atoms with Gasteiger partial charge >= 0.3 is 0 Å². The van der Waals surface area contributed by atoms with Gasteiger partial charge in [0.25, 0.3) is 0 Å². The normalized spacial score (nSPS) is 11.2. The minimum absolute atomic E-state index is 0.842. The number of hydrogen-bond acceptors (Lipinski definition) is 5. The summed E-state index contributed by atoms with van der Waals surface area (Å²) in [6, 6.07) is 26.0. The molecule has 0 fully saturated rings. The molecule has 0 spiro atoms. The van der Waals surface area contributed by atoms with Crippen molar-refractivity contribution in [3.63, 3.8) is 0 Å². The first-order valence-electron chi connectivity index (χ1n) is 15.3. The van der Waals surface area contributed by atoms with Gasteiger partial charge in [-0.2, -0.15) is 0 Å². The standard InChI is InChI=1S/C36H46O5Si2/c1-9-25-13-17-29(37-5)33(21-25)42(34-22-26(10-2)14-18-30(34)38-6)41-43(35-23-27(11-3)15-19-31(35)39-7)36-24-28(12-4)16-20-32(36)40-8/h13-24,42-43H,9-12H2,1-8H3. The zero-order valence-corrected chi connectivity index (χ0v) is 29.3. The lowest BCUT2D eigenvalue weighted by atomic mass is 10.1. The van der Waals surface area contributed by atoms with Crippen LogP contribution in [0, 0.1) is 0 Å². The van der Waals surface area contributed by atoms with Crippen LogP contribution in [0.3, 0.4) is 0 Å². The van der Waals surface area contributed by atoms with E-state index in [2.05, 4.69) is 100 Å². The number of rotatable bonds is 14. The van der Waals surface area contributed by atoms with Gasteiger partial charge < -0.3 is 23.1 Å². The van der Waals surface area contributed by atoms with Crippen molar-refractivity contribution < 1.29 is 23.1 Å². The molecule has 0 aromatic heterocycles. The van der Waals surface area contributed by atoms with E-state index >= 15 is 0 Å². The van der Waals surface area contributed by atoms with Crippen molar-refractivity contribution in [2.75, 3.05) is 28.4 Å². The predicted octanol–water partition coefficient (Wildman–Crippen LogP) is 4.36. The first-order valence-corrected chi connectivity index (χ1v) is 18.5. The molecule has 0 heterocycles. The van der Waals surface area contributed by atoms with E-state index in [4.69, 9.17) is 23.1 Å². The van der Waals surface area contributed by atoms with E-state index in [1.807, 2.05) is 0 Å². The SMILES string of the molecule is CCc1ccc(OC)c([SiH](O[SiH](c2cc(CC)ccc2OC)c2cc(CC)ccc2OC)c2cc(CC)ccc2OC)c1. The summed E-state index contributed by atoms with van der Waals surface area (Å²) < 4.78 is 31.8. The van der Waals surface area contributed by atoms with Crippen LogP contribution in [0.4, 0.5) is 0 Å². The van der Waals surface area contributed by atoms with Crippen LogP contribution in [0.15, 0.2) is 72.8 Å². The van der Waals surface area contributed by atoms with Crippen LogP contribution in [0.2, 0.25) is 0 Å². The molecular formula is C36H46O5Si2. The quantitative estimate of drug-likeness (QED) is 0.198. The molecule has 0 N–H and O–H groups in total. The van der Waals surface area contributed by atoms with Gasteiger partial charge in [0, 0.05) is 20.7 Å². The number of benzene rings is 4. The molecule has 228 valence electrons. The fourth-order valence-electron chi connectivity index (χ4n) is 5.60. The second-order valence-electron chi connectivity index (χ2n) is 10.6. The summed E-state index contributed by atoms with van der Waals surface area (Å²) in [4.78, 5) is 0. The molecule has 0 aliphatic heterocycles. The third kappa shape index (κ3) is 7.17. The fraction of sp³-hybridized carbons (Fsp3) is 0.333. The highest BCUT2D eigenvalue weighted by Gasteiger charge is 2.34. The molecule has 5 nitrogen and oxygen atoms in total. The summed E-state index contributed by atoms with van der Waals surface area (Å²) in [6.45, 7) is 8.73. The lowest BCUT2D eigenvalue weighted by Crippen LogP contribution is -2.57. The number of methoxy groups -OCH3 is 4. The largest absolute Gasteiger partial charge is 0.497 e. The highest BCUT2D eigenvalue weighted by Crippen LogP contribution is 2.21. The van der Waals surface area contributed by atoms with Crippen LogP contribution < -0.4 is 39.7 Å². The Kier molecular flexibility index (Phi) is 11.5. The van der Waals surface area contributed by atoms with Crippen molar-refractivity contribution in [2.24, 2.45) is 0 Å². The number of aryl methyl sites for hydroxylation is 4. The molecule has 0 unspecified atom stereocenters. The minimum Gasteiger partial charge on any atom is -0.497 e. The molecule has 43 heavy (non-hydrogen) atoms. The minimum atomic E-state index is -2.46. The molecule has 0 amide bonds. The van der Waals surface area contributed by atoms with Crippen molar-refractivity contribution in [1.82, 2.24) is 0 Å². The van der Waals surface area contributed by atoms with Crippen LogP contribution in [0.25, 0.3) is 0 Å². The van der Waals surface area contributed by atoms with Gasteiger partial charge in [0.2, 0.25) is 18.1 Å². The maximum atomic E-state index is 7.72. The molecule has 0 aliphatic rings. The Balaban J connectivity index is 2.07. The van der Waals surface area contributed by atoms with Crippen LogP contribution >= 0.6 is 0 Å². The van der Waals surface area contributed by atoms with E-state index in [1.54, 1.807) is 28.4 Å². The van der Waals surface area contributed by atoms with Gasteiger partial charge in [-0.15, -0.1) is 0 Å². The second kappa shape index (κ2) is 15.3. The Morgan fingerprint density at radius 1 is 0.395 bits per heavy atom. The smallest absolute Gasteiger partial charge is 0.236 e. The van der Waals surface area contributed by atoms with Crippen molar-refractivity contribution in [3.8, 4) is 23.0 Å². The zero-order valence-electron chi connectivity index (χ0n) is 27.0. The van der Waals surface area contributed by atoms with E-state index in [0.29, 0.717) is 0 Å². The van der Waals surface area contributed by atoms with Gasteiger partial charge in [-0.25, -0.2) is 0 Å². The van der Waals surface area contributed by atoms with Crippen molar-refractivity contribution >= 4 is 38.8 Å². The first-order chi connectivity index (χ1) is 20.9. The highest BCUT2D eigenvalue weighted by molar-refractivity contribution is 6.93. The van der Waals surface area contributed by atoms with Gasteiger partial charge in [-0.3, -0.25) is 0 Å². The summed E-state index contributed by atoms with van der Waals surface area (Å²) in [5, 5.41) is 4.45. The average Bonchev–Trinajstić information content (AvgIpc) is 3.07. The summed E-state index contributed by atoms with van der Waals surface area (Å²) in [5.74, 6) is 3.37. The van der Waals surface area contributed by atoms with Gasteiger partial charge in [0.1, 0.15) is 23.0 Å². The van der Waals surface area contributed by atoms with Crippen LogP contribution in [-0.4, -0.2) is 46.5 Å². The maximum Gasteiger partial charge on any atom is 0.236 e. The van der Waals surface area contributed by atoms with Crippen molar-refractivity contribution in [1.29, 1.82) is 0 Å². The Labute approximate surface area is 261 Å². The van der Waals surface area contributed by atoms with Gasteiger partial charge in [0.05, 0.1) is 28.4 Å². The molecule has 4 aromatic carbocycles. The number of ether oxygens (including phenoxy) is 4. The van der Waals surface area contributed by atoms with Crippen molar-refractivity contribution in [3.05, 3.63) is 95.1 Å². The Morgan fingerprint density at radius 3 is 0.814 bits per heavy atom. The molecular weight excluding hydrogens is 569 g/mol. The van der Waals surface area contributed by atoms with Crippen LogP contribution in [-0.2, 0) is 29.8 Å². The lowest BCUT2D eigenvalue weighted by molar-refractivity contribution is 0.413. The summed E-state index contributed by atoms with van der Waals surface area (Å²) in [7, 11) is 2.05. The van der Waals surface area contributed by atoms with E-state index in [0.717, 1.165) is 69.4 Å². The van der Waals surface area contributed by atoms with E-state index in [-0.39, 0.29) is 0 Å². The molecule has 0 radical (unpaired) electrons. The number of hydrogen-bond donors (Lipinski definition) is 0. The topological polar surface area (TPSA) is 46.2 Å². The molecule has 7 heteroatoms.